The normalized spacial score (nSPS) is 18.5. The van der Waals surface area contributed by atoms with Crippen LogP contribution >= 0.6 is 0 Å². The predicted octanol–water partition coefficient (Wildman–Crippen LogP) is 3.65. The molecule has 1 aromatic heterocycles. The lowest BCUT2D eigenvalue weighted by atomic mass is 9.93. The summed E-state index contributed by atoms with van der Waals surface area (Å²) in [4.78, 5) is 0. The third-order valence-electron chi connectivity index (χ3n) is 4.47. The van der Waals surface area contributed by atoms with Gasteiger partial charge in [-0.3, -0.25) is 0 Å². The summed E-state index contributed by atoms with van der Waals surface area (Å²) in [6.45, 7) is 7.03. The highest BCUT2D eigenvalue weighted by Crippen LogP contribution is 2.26. The number of fused-ring (bicyclic) bond motifs is 1. The predicted molar refractivity (Wildman–Crippen MR) is 80.8 cm³/mol. The van der Waals surface area contributed by atoms with Crippen LogP contribution in [0.25, 0.3) is 11.0 Å². The molecule has 2 aromatic rings. The SMILES string of the molecule is Cc1oc2ccccc2c1CNC(C)C1CCOCC1. The maximum absolute atomic E-state index is 5.82. The van der Waals surface area contributed by atoms with Gasteiger partial charge in [0.15, 0.2) is 0 Å². The standard InChI is InChI=1S/C17H23NO2/c1-12(14-7-9-19-10-8-14)18-11-16-13(2)20-17-6-4-3-5-15(16)17/h3-6,12,14,18H,7-11H2,1-2H3. The summed E-state index contributed by atoms with van der Waals surface area (Å²) in [5.74, 6) is 1.75. The summed E-state index contributed by atoms with van der Waals surface area (Å²) in [5.41, 5.74) is 2.28. The van der Waals surface area contributed by atoms with Crippen molar-refractivity contribution in [3.8, 4) is 0 Å². The van der Waals surface area contributed by atoms with E-state index in [1.54, 1.807) is 0 Å². The Bertz CT molecular complexity index is 569. The van der Waals surface area contributed by atoms with Crippen LogP contribution < -0.4 is 5.32 Å². The molecule has 1 atom stereocenters. The molecule has 3 rings (SSSR count). The fraction of sp³-hybridized carbons (Fsp3) is 0.529. The zero-order valence-corrected chi connectivity index (χ0v) is 12.3. The summed E-state index contributed by atoms with van der Waals surface area (Å²) < 4.78 is 11.3. The first-order valence-corrected chi connectivity index (χ1v) is 7.54. The molecule has 1 aliphatic heterocycles. The highest BCUT2D eigenvalue weighted by Gasteiger charge is 2.20. The summed E-state index contributed by atoms with van der Waals surface area (Å²) in [7, 11) is 0. The molecule has 0 saturated carbocycles. The molecule has 20 heavy (non-hydrogen) atoms. The van der Waals surface area contributed by atoms with E-state index in [1.165, 1.54) is 23.8 Å². The second-order valence-corrected chi connectivity index (χ2v) is 5.75. The average Bonchev–Trinajstić information content (AvgIpc) is 2.81. The van der Waals surface area contributed by atoms with E-state index in [-0.39, 0.29) is 0 Å². The molecular formula is C17H23NO2. The van der Waals surface area contributed by atoms with E-state index in [0.717, 1.165) is 37.0 Å². The quantitative estimate of drug-likeness (QED) is 0.923. The van der Waals surface area contributed by atoms with E-state index in [9.17, 15) is 0 Å². The third-order valence-corrected chi connectivity index (χ3v) is 4.47. The highest BCUT2D eigenvalue weighted by atomic mass is 16.5. The first kappa shape index (κ1) is 13.7. The van der Waals surface area contributed by atoms with Crippen molar-refractivity contribution in [3.05, 3.63) is 35.6 Å². The Morgan fingerprint density at radius 3 is 2.80 bits per heavy atom. The second-order valence-electron chi connectivity index (χ2n) is 5.75. The van der Waals surface area contributed by atoms with Gasteiger partial charge in [0.25, 0.3) is 0 Å². The fourth-order valence-corrected chi connectivity index (χ4v) is 3.09. The lowest BCUT2D eigenvalue weighted by Crippen LogP contribution is -2.36. The van der Waals surface area contributed by atoms with Crippen molar-refractivity contribution in [2.75, 3.05) is 13.2 Å². The Balaban J connectivity index is 1.68. The molecule has 1 saturated heterocycles. The van der Waals surface area contributed by atoms with Gasteiger partial charge in [-0.2, -0.15) is 0 Å². The number of aryl methyl sites for hydroxylation is 1. The second kappa shape index (κ2) is 5.98. The Hall–Kier alpha value is -1.32. The molecule has 0 amide bonds. The van der Waals surface area contributed by atoms with Gasteiger partial charge < -0.3 is 14.5 Å². The van der Waals surface area contributed by atoms with Crippen LogP contribution in [-0.4, -0.2) is 19.3 Å². The molecule has 0 aliphatic carbocycles. The lowest BCUT2D eigenvalue weighted by Gasteiger charge is -2.28. The van der Waals surface area contributed by atoms with Crippen LogP contribution in [0, 0.1) is 12.8 Å². The van der Waals surface area contributed by atoms with E-state index < -0.39 is 0 Å². The Morgan fingerprint density at radius 2 is 2.00 bits per heavy atom. The number of hydrogen-bond donors (Lipinski definition) is 1. The fourth-order valence-electron chi connectivity index (χ4n) is 3.09. The van der Waals surface area contributed by atoms with Gasteiger partial charge in [-0.15, -0.1) is 0 Å². The molecular weight excluding hydrogens is 250 g/mol. The molecule has 0 radical (unpaired) electrons. The first-order valence-electron chi connectivity index (χ1n) is 7.54. The van der Waals surface area contributed by atoms with Crippen LogP contribution in [0.3, 0.4) is 0 Å². The van der Waals surface area contributed by atoms with Crippen molar-refractivity contribution in [3.63, 3.8) is 0 Å². The van der Waals surface area contributed by atoms with E-state index in [0.29, 0.717) is 6.04 Å². The lowest BCUT2D eigenvalue weighted by molar-refractivity contribution is 0.0558. The van der Waals surface area contributed by atoms with Gasteiger partial charge in [-0.25, -0.2) is 0 Å². The van der Waals surface area contributed by atoms with Crippen LogP contribution in [0.4, 0.5) is 0 Å². The number of furan rings is 1. The Morgan fingerprint density at radius 1 is 1.25 bits per heavy atom. The van der Waals surface area contributed by atoms with E-state index in [2.05, 4.69) is 31.3 Å². The van der Waals surface area contributed by atoms with E-state index in [1.807, 2.05) is 12.1 Å². The molecule has 1 unspecified atom stereocenters. The first-order chi connectivity index (χ1) is 9.75. The van der Waals surface area contributed by atoms with Gasteiger partial charge in [0.2, 0.25) is 0 Å². The van der Waals surface area contributed by atoms with Crippen LogP contribution in [0.15, 0.2) is 28.7 Å². The molecule has 1 aromatic carbocycles. The number of hydrogen-bond acceptors (Lipinski definition) is 3. The molecule has 1 aliphatic rings. The maximum Gasteiger partial charge on any atom is 0.134 e. The molecule has 3 heteroatoms. The minimum absolute atomic E-state index is 0.520. The number of ether oxygens (including phenoxy) is 1. The molecule has 2 heterocycles. The third kappa shape index (κ3) is 2.74. The monoisotopic (exact) mass is 273 g/mol. The van der Waals surface area contributed by atoms with Gasteiger partial charge in [0.1, 0.15) is 11.3 Å². The topological polar surface area (TPSA) is 34.4 Å². The van der Waals surface area contributed by atoms with Crippen molar-refractivity contribution in [1.82, 2.24) is 5.32 Å². The molecule has 108 valence electrons. The van der Waals surface area contributed by atoms with Crippen molar-refractivity contribution in [1.29, 1.82) is 0 Å². The molecule has 1 N–H and O–H groups in total. The maximum atomic E-state index is 5.82. The van der Waals surface area contributed by atoms with Crippen molar-refractivity contribution < 1.29 is 9.15 Å². The van der Waals surface area contributed by atoms with Crippen LogP contribution in [-0.2, 0) is 11.3 Å². The summed E-state index contributed by atoms with van der Waals surface area (Å²) in [6, 6.07) is 8.79. The smallest absolute Gasteiger partial charge is 0.134 e. The van der Waals surface area contributed by atoms with E-state index in [4.69, 9.17) is 9.15 Å². The van der Waals surface area contributed by atoms with Crippen molar-refractivity contribution in [2.24, 2.45) is 5.92 Å². The van der Waals surface area contributed by atoms with Gasteiger partial charge in [-0.05, 0) is 38.7 Å². The van der Waals surface area contributed by atoms with Crippen LogP contribution in [0.5, 0.6) is 0 Å². The van der Waals surface area contributed by atoms with Gasteiger partial charge >= 0.3 is 0 Å². The zero-order chi connectivity index (χ0) is 13.9. The number of para-hydroxylation sites is 1. The minimum Gasteiger partial charge on any atom is -0.461 e. The number of rotatable bonds is 4. The Kier molecular flexibility index (Phi) is 4.08. The highest BCUT2D eigenvalue weighted by molar-refractivity contribution is 5.82. The molecule has 3 nitrogen and oxygen atoms in total. The number of benzene rings is 1. The average molecular weight is 273 g/mol. The van der Waals surface area contributed by atoms with E-state index >= 15 is 0 Å². The van der Waals surface area contributed by atoms with Gasteiger partial charge in [0, 0.05) is 36.8 Å². The van der Waals surface area contributed by atoms with Gasteiger partial charge in [-0.1, -0.05) is 18.2 Å². The molecule has 0 spiro atoms. The zero-order valence-electron chi connectivity index (χ0n) is 12.3. The number of nitrogens with one attached hydrogen (secondary N) is 1. The molecule has 0 bridgehead atoms. The van der Waals surface area contributed by atoms with Crippen molar-refractivity contribution in [2.45, 2.75) is 39.3 Å². The van der Waals surface area contributed by atoms with Crippen LogP contribution in [0.1, 0.15) is 31.1 Å². The van der Waals surface area contributed by atoms with Crippen molar-refractivity contribution >= 4 is 11.0 Å². The Labute approximate surface area is 120 Å². The van der Waals surface area contributed by atoms with Gasteiger partial charge in [0.05, 0.1) is 0 Å². The van der Waals surface area contributed by atoms with Crippen LogP contribution in [0.2, 0.25) is 0 Å². The summed E-state index contributed by atoms with van der Waals surface area (Å²) in [6.07, 6.45) is 2.33. The minimum atomic E-state index is 0.520. The summed E-state index contributed by atoms with van der Waals surface area (Å²) in [5, 5.41) is 4.91. The largest absolute Gasteiger partial charge is 0.461 e. The molecule has 1 fully saturated rings. The summed E-state index contributed by atoms with van der Waals surface area (Å²) >= 11 is 0.